The molecule has 0 aromatic heterocycles. The molecule has 1 aliphatic rings. The van der Waals surface area contributed by atoms with Crippen molar-refractivity contribution >= 4 is 15.7 Å². The van der Waals surface area contributed by atoms with Gasteiger partial charge in [-0.05, 0) is 44.9 Å². The maximum absolute atomic E-state index is 12.4. The molecule has 1 atom stereocenters. The predicted octanol–water partition coefficient (Wildman–Crippen LogP) is 1.24. The van der Waals surface area contributed by atoms with Crippen molar-refractivity contribution in [2.45, 2.75) is 37.6 Å². The van der Waals surface area contributed by atoms with Gasteiger partial charge in [0.2, 0.25) is 10.0 Å². The average molecular weight is 313 g/mol. The zero-order valence-electron chi connectivity index (χ0n) is 12.0. The van der Waals surface area contributed by atoms with Crippen molar-refractivity contribution < 1.29 is 13.3 Å². The van der Waals surface area contributed by atoms with Gasteiger partial charge in [-0.3, -0.25) is 10.1 Å². The lowest BCUT2D eigenvalue weighted by atomic mass is 10.1. The Morgan fingerprint density at radius 1 is 1.38 bits per heavy atom. The zero-order chi connectivity index (χ0) is 15.6. The van der Waals surface area contributed by atoms with Crippen LogP contribution in [0, 0.1) is 24.0 Å². The minimum atomic E-state index is -3.75. The number of piperidine rings is 1. The average Bonchev–Trinajstić information content (AvgIpc) is 2.41. The van der Waals surface area contributed by atoms with Crippen molar-refractivity contribution in [1.82, 2.24) is 10.0 Å². The van der Waals surface area contributed by atoms with Crippen LogP contribution in [0.15, 0.2) is 17.0 Å². The normalized spacial score (nSPS) is 19.4. The van der Waals surface area contributed by atoms with Gasteiger partial charge >= 0.3 is 0 Å². The fraction of sp³-hybridized carbons (Fsp3) is 0.538. The lowest BCUT2D eigenvalue weighted by Gasteiger charge is -2.23. The second kappa shape index (κ2) is 6.08. The number of rotatable bonds is 4. The molecule has 0 radical (unpaired) electrons. The van der Waals surface area contributed by atoms with Crippen molar-refractivity contribution in [2.75, 3.05) is 13.1 Å². The fourth-order valence-corrected chi connectivity index (χ4v) is 3.77. The van der Waals surface area contributed by atoms with Crippen LogP contribution < -0.4 is 10.0 Å². The molecule has 2 rings (SSSR count). The third-order valence-corrected chi connectivity index (χ3v) is 5.24. The van der Waals surface area contributed by atoms with Crippen molar-refractivity contribution in [1.29, 1.82) is 0 Å². The van der Waals surface area contributed by atoms with Gasteiger partial charge in [-0.2, -0.15) is 0 Å². The number of aryl methyl sites for hydroxylation is 1. The van der Waals surface area contributed by atoms with E-state index >= 15 is 0 Å². The Kier molecular flexibility index (Phi) is 4.60. The molecule has 0 bridgehead atoms. The summed E-state index contributed by atoms with van der Waals surface area (Å²) in [6.07, 6.45) is 1.67. The van der Waals surface area contributed by atoms with E-state index in [1.807, 2.05) is 0 Å². The topological polar surface area (TPSA) is 101 Å². The highest BCUT2D eigenvalue weighted by Gasteiger charge is 2.25. The van der Waals surface area contributed by atoms with E-state index in [2.05, 4.69) is 10.0 Å². The second-order valence-corrected chi connectivity index (χ2v) is 7.02. The molecule has 0 unspecified atom stereocenters. The van der Waals surface area contributed by atoms with Crippen molar-refractivity contribution in [2.24, 2.45) is 0 Å². The molecule has 7 nitrogen and oxygen atoms in total. The van der Waals surface area contributed by atoms with Gasteiger partial charge < -0.3 is 5.32 Å². The number of nitro benzene ring substituents is 1. The van der Waals surface area contributed by atoms with Crippen LogP contribution >= 0.6 is 0 Å². The largest absolute Gasteiger partial charge is 0.315 e. The zero-order valence-corrected chi connectivity index (χ0v) is 12.9. The van der Waals surface area contributed by atoms with Gasteiger partial charge in [-0.1, -0.05) is 0 Å². The van der Waals surface area contributed by atoms with Gasteiger partial charge in [0.1, 0.15) is 0 Å². The van der Waals surface area contributed by atoms with Gasteiger partial charge in [0, 0.05) is 24.2 Å². The van der Waals surface area contributed by atoms with E-state index in [-0.39, 0.29) is 16.6 Å². The van der Waals surface area contributed by atoms with E-state index in [1.54, 1.807) is 13.8 Å². The Hall–Kier alpha value is -1.51. The molecule has 0 amide bonds. The van der Waals surface area contributed by atoms with Crippen LogP contribution in [0.3, 0.4) is 0 Å². The van der Waals surface area contributed by atoms with Gasteiger partial charge in [-0.15, -0.1) is 0 Å². The van der Waals surface area contributed by atoms with E-state index in [1.165, 1.54) is 6.07 Å². The van der Waals surface area contributed by atoms with Crippen LogP contribution in [0.4, 0.5) is 5.69 Å². The molecule has 116 valence electrons. The van der Waals surface area contributed by atoms with Gasteiger partial charge in [0.15, 0.2) is 0 Å². The number of benzene rings is 1. The first-order chi connectivity index (χ1) is 9.81. The van der Waals surface area contributed by atoms with Crippen LogP contribution in [0.5, 0.6) is 0 Å². The van der Waals surface area contributed by atoms with Crippen LogP contribution in [-0.2, 0) is 10.0 Å². The smallest absolute Gasteiger partial charge is 0.273 e. The van der Waals surface area contributed by atoms with Crippen LogP contribution in [0.2, 0.25) is 0 Å². The highest BCUT2D eigenvalue weighted by Crippen LogP contribution is 2.26. The number of hydrogen-bond donors (Lipinski definition) is 2. The first-order valence-corrected chi connectivity index (χ1v) is 8.28. The standard InChI is InChI=1S/C13H19N3O4S/c1-9-6-12(7-13(10(9)2)16(17)18)21(19,20)15-11-4-3-5-14-8-11/h6-7,11,14-15H,3-5,8H2,1-2H3/t11-/m1/s1. The minimum Gasteiger partial charge on any atom is -0.315 e. The van der Waals surface area contributed by atoms with Crippen molar-refractivity contribution in [3.63, 3.8) is 0 Å². The summed E-state index contributed by atoms with van der Waals surface area (Å²) in [6.45, 7) is 4.74. The lowest BCUT2D eigenvalue weighted by Crippen LogP contribution is -2.45. The maximum atomic E-state index is 12.4. The minimum absolute atomic E-state index is 0.0529. The summed E-state index contributed by atoms with van der Waals surface area (Å²) in [6, 6.07) is 2.42. The molecule has 8 heteroatoms. The maximum Gasteiger partial charge on any atom is 0.273 e. The third-order valence-electron chi connectivity index (χ3n) is 3.74. The molecule has 2 N–H and O–H groups in total. The number of nitrogens with one attached hydrogen (secondary N) is 2. The van der Waals surface area contributed by atoms with Crippen molar-refractivity contribution in [3.8, 4) is 0 Å². The van der Waals surface area contributed by atoms with E-state index in [0.29, 0.717) is 17.7 Å². The van der Waals surface area contributed by atoms with E-state index in [0.717, 1.165) is 25.5 Å². The van der Waals surface area contributed by atoms with Crippen LogP contribution in [0.1, 0.15) is 24.0 Å². The Morgan fingerprint density at radius 3 is 2.67 bits per heavy atom. The van der Waals surface area contributed by atoms with Gasteiger partial charge in [0.25, 0.3) is 5.69 Å². The van der Waals surface area contributed by atoms with E-state index < -0.39 is 14.9 Å². The molecule has 1 fully saturated rings. The summed E-state index contributed by atoms with van der Waals surface area (Å²) in [5.74, 6) is 0. The lowest BCUT2D eigenvalue weighted by molar-refractivity contribution is -0.385. The summed E-state index contributed by atoms with van der Waals surface area (Å²) in [5.41, 5.74) is 0.904. The third kappa shape index (κ3) is 3.58. The molecule has 0 aliphatic carbocycles. The second-order valence-electron chi connectivity index (χ2n) is 5.31. The Morgan fingerprint density at radius 2 is 2.10 bits per heavy atom. The quantitative estimate of drug-likeness (QED) is 0.643. The SMILES string of the molecule is Cc1cc(S(=O)(=O)N[C@@H]2CCCNC2)cc([N+](=O)[O-])c1C. The Bertz CT molecular complexity index is 652. The molecule has 21 heavy (non-hydrogen) atoms. The Labute approximate surface area is 123 Å². The number of sulfonamides is 1. The highest BCUT2D eigenvalue weighted by atomic mass is 32.2. The molecule has 0 spiro atoms. The molecule has 1 saturated heterocycles. The molecular formula is C13H19N3O4S. The molecule has 1 heterocycles. The summed E-state index contributed by atoms with van der Waals surface area (Å²) in [7, 11) is -3.75. The summed E-state index contributed by atoms with van der Waals surface area (Å²) in [5, 5.41) is 14.1. The highest BCUT2D eigenvalue weighted by molar-refractivity contribution is 7.89. The van der Waals surface area contributed by atoms with Crippen molar-refractivity contribution in [3.05, 3.63) is 33.4 Å². The van der Waals surface area contributed by atoms with Crippen LogP contribution in [0.25, 0.3) is 0 Å². The molecule has 1 aromatic carbocycles. The van der Waals surface area contributed by atoms with Gasteiger partial charge in [-0.25, -0.2) is 13.1 Å². The molecule has 1 aliphatic heterocycles. The molecule has 1 aromatic rings. The van der Waals surface area contributed by atoms with Gasteiger partial charge in [0.05, 0.1) is 9.82 Å². The number of nitrogens with zero attached hydrogens (tertiary/aromatic N) is 1. The predicted molar refractivity (Wildman–Crippen MR) is 78.8 cm³/mol. The summed E-state index contributed by atoms with van der Waals surface area (Å²) < 4.78 is 27.4. The number of nitro groups is 1. The van der Waals surface area contributed by atoms with E-state index in [4.69, 9.17) is 0 Å². The first kappa shape index (κ1) is 15.9. The Balaban J connectivity index is 2.33. The number of hydrogen-bond acceptors (Lipinski definition) is 5. The first-order valence-electron chi connectivity index (χ1n) is 6.80. The van der Waals surface area contributed by atoms with Crippen LogP contribution in [-0.4, -0.2) is 32.5 Å². The summed E-state index contributed by atoms with van der Waals surface area (Å²) in [4.78, 5) is 10.4. The monoisotopic (exact) mass is 313 g/mol. The molecule has 0 saturated carbocycles. The molecular weight excluding hydrogens is 294 g/mol. The van der Waals surface area contributed by atoms with E-state index in [9.17, 15) is 18.5 Å². The fourth-order valence-electron chi connectivity index (χ4n) is 2.39. The summed E-state index contributed by atoms with van der Waals surface area (Å²) >= 11 is 0.